The van der Waals surface area contributed by atoms with E-state index >= 15 is 0 Å². The minimum Gasteiger partial charge on any atom is -0.454 e. The van der Waals surface area contributed by atoms with Gasteiger partial charge in [0.25, 0.3) is 0 Å². The van der Waals surface area contributed by atoms with Crippen molar-refractivity contribution in [1.82, 2.24) is 15.1 Å². The Balaban J connectivity index is 1.54. The lowest BCUT2D eigenvalue weighted by molar-refractivity contribution is -0.121. The van der Waals surface area contributed by atoms with E-state index in [2.05, 4.69) is 15.7 Å². The molecule has 1 aromatic heterocycles. The van der Waals surface area contributed by atoms with Crippen molar-refractivity contribution in [3.8, 4) is 11.5 Å². The highest BCUT2D eigenvalue weighted by molar-refractivity contribution is 6.32. The molecule has 0 aliphatic carbocycles. The van der Waals surface area contributed by atoms with Crippen molar-refractivity contribution in [3.05, 3.63) is 40.2 Å². The topological polar surface area (TPSA) is 94.5 Å². The Kier molecular flexibility index (Phi) is 5.36. The van der Waals surface area contributed by atoms with E-state index in [1.54, 1.807) is 36.9 Å². The maximum absolute atomic E-state index is 12.0. The van der Waals surface area contributed by atoms with Gasteiger partial charge in [-0.15, -0.1) is 0 Å². The van der Waals surface area contributed by atoms with E-state index in [0.29, 0.717) is 33.5 Å². The lowest BCUT2D eigenvalue weighted by Crippen LogP contribution is -2.31. The zero-order chi connectivity index (χ0) is 19.6. The predicted octanol–water partition coefficient (Wildman–Crippen LogP) is 2.19. The van der Waals surface area contributed by atoms with E-state index in [4.69, 9.17) is 21.1 Å². The number of nitrogens with one attached hydrogen (secondary N) is 2. The molecule has 0 spiro atoms. The van der Waals surface area contributed by atoms with Crippen molar-refractivity contribution < 1.29 is 19.1 Å². The van der Waals surface area contributed by atoms with E-state index in [0.717, 1.165) is 5.69 Å². The van der Waals surface area contributed by atoms with Gasteiger partial charge < -0.3 is 20.1 Å². The van der Waals surface area contributed by atoms with Crippen LogP contribution in [0, 0.1) is 13.8 Å². The summed E-state index contributed by atoms with van der Waals surface area (Å²) < 4.78 is 12.2. The van der Waals surface area contributed by atoms with Crippen molar-refractivity contribution in [3.63, 3.8) is 0 Å². The Labute approximate surface area is 161 Å². The zero-order valence-corrected chi connectivity index (χ0v) is 15.9. The Morgan fingerprint density at radius 3 is 2.81 bits per heavy atom. The number of nitrogens with zero attached hydrogens (tertiary/aromatic N) is 2. The summed E-state index contributed by atoms with van der Waals surface area (Å²) in [7, 11) is 1.80. The van der Waals surface area contributed by atoms with Crippen molar-refractivity contribution in [2.75, 3.05) is 18.7 Å². The summed E-state index contributed by atoms with van der Waals surface area (Å²) in [6, 6.07) is 3.39. The van der Waals surface area contributed by atoms with Gasteiger partial charge in [0, 0.05) is 13.1 Å². The minimum atomic E-state index is -0.404. The van der Waals surface area contributed by atoms with Gasteiger partial charge in [-0.1, -0.05) is 11.6 Å². The highest BCUT2D eigenvalue weighted by atomic mass is 35.5. The second kappa shape index (κ2) is 7.71. The summed E-state index contributed by atoms with van der Waals surface area (Å²) in [6.45, 7) is 3.63. The standard InChI is InChI=1S/C18H19ClN4O4/c1-10-17(11(2)23(3)22-10)21-16(25)8-20-15(24)5-4-12-6-13(19)18-14(7-12)26-9-27-18/h4-7H,8-9H2,1-3H3,(H,20,24)(H,21,25)/b5-4+. The van der Waals surface area contributed by atoms with Crippen LogP contribution < -0.4 is 20.1 Å². The van der Waals surface area contributed by atoms with E-state index in [1.807, 2.05) is 6.92 Å². The van der Waals surface area contributed by atoms with Crippen molar-refractivity contribution in [2.24, 2.45) is 7.05 Å². The maximum Gasteiger partial charge on any atom is 0.244 e. The smallest absolute Gasteiger partial charge is 0.244 e. The van der Waals surface area contributed by atoms with Crippen molar-refractivity contribution in [2.45, 2.75) is 13.8 Å². The van der Waals surface area contributed by atoms with Gasteiger partial charge in [-0.25, -0.2) is 0 Å². The molecule has 1 aliphatic rings. The molecule has 3 rings (SSSR count). The van der Waals surface area contributed by atoms with Crippen LogP contribution in [0.4, 0.5) is 5.69 Å². The molecule has 0 bridgehead atoms. The molecule has 1 aliphatic heterocycles. The molecule has 142 valence electrons. The van der Waals surface area contributed by atoms with Gasteiger partial charge in [-0.2, -0.15) is 5.10 Å². The van der Waals surface area contributed by atoms with Crippen LogP contribution in [-0.2, 0) is 16.6 Å². The lowest BCUT2D eigenvalue weighted by atomic mass is 10.2. The van der Waals surface area contributed by atoms with Gasteiger partial charge in [0.1, 0.15) is 0 Å². The number of carbonyl (C=O) groups excluding carboxylic acids is 2. The quantitative estimate of drug-likeness (QED) is 0.763. The number of aromatic nitrogens is 2. The number of amides is 2. The van der Waals surface area contributed by atoms with Crippen molar-refractivity contribution >= 4 is 35.2 Å². The van der Waals surface area contributed by atoms with Crippen LogP contribution in [0.3, 0.4) is 0 Å². The molecule has 8 nitrogen and oxygen atoms in total. The molecular formula is C18H19ClN4O4. The molecule has 0 atom stereocenters. The fourth-order valence-electron chi connectivity index (χ4n) is 2.62. The Hall–Kier alpha value is -3.00. The highest BCUT2D eigenvalue weighted by Crippen LogP contribution is 2.40. The number of benzene rings is 1. The summed E-state index contributed by atoms with van der Waals surface area (Å²) in [4.78, 5) is 24.0. The number of halogens is 1. The lowest BCUT2D eigenvalue weighted by Gasteiger charge is -2.06. The first kappa shape index (κ1) is 18.8. The van der Waals surface area contributed by atoms with Crippen LogP contribution >= 0.6 is 11.6 Å². The molecular weight excluding hydrogens is 372 g/mol. The van der Waals surface area contributed by atoms with Crippen LogP contribution in [0.5, 0.6) is 11.5 Å². The number of ether oxygens (including phenoxy) is 2. The van der Waals surface area contributed by atoms with Gasteiger partial charge in [-0.05, 0) is 37.6 Å². The van der Waals surface area contributed by atoms with E-state index in [9.17, 15) is 9.59 Å². The largest absolute Gasteiger partial charge is 0.454 e. The van der Waals surface area contributed by atoms with E-state index in [1.165, 1.54) is 6.08 Å². The van der Waals surface area contributed by atoms with Gasteiger partial charge in [0.05, 0.1) is 28.6 Å². The monoisotopic (exact) mass is 390 g/mol. The molecule has 2 amide bonds. The Bertz CT molecular complexity index is 936. The molecule has 0 unspecified atom stereocenters. The summed E-state index contributed by atoms with van der Waals surface area (Å²) in [6.07, 6.45) is 2.90. The first-order chi connectivity index (χ1) is 12.8. The number of aryl methyl sites for hydroxylation is 2. The predicted molar refractivity (Wildman–Crippen MR) is 101 cm³/mol. The molecule has 2 aromatic rings. The second-order valence-corrected chi connectivity index (χ2v) is 6.41. The van der Waals surface area contributed by atoms with Crippen LogP contribution in [0.15, 0.2) is 18.2 Å². The first-order valence-corrected chi connectivity index (χ1v) is 8.58. The van der Waals surface area contributed by atoms with Crippen LogP contribution in [0.2, 0.25) is 5.02 Å². The van der Waals surface area contributed by atoms with Crippen molar-refractivity contribution in [1.29, 1.82) is 0 Å². The molecule has 0 radical (unpaired) electrons. The third kappa shape index (κ3) is 4.22. The maximum atomic E-state index is 12.0. The van der Waals surface area contributed by atoms with Gasteiger partial charge in [-0.3, -0.25) is 14.3 Å². The normalized spacial score (nSPS) is 12.4. The average molecular weight is 391 g/mol. The third-order valence-corrected chi connectivity index (χ3v) is 4.35. The fourth-order valence-corrected chi connectivity index (χ4v) is 2.89. The summed E-state index contributed by atoms with van der Waals surface area (Å²) in [5, 5.41) is 9.92. The van der Waals surface area contributed by atoms with E-state index < -0.39 is 5.91 Å². The highest BCUT2D eigenvalue weighted by Gasteiger charge is 2.17. The van der Waals surface area contributed by atoms with Crippen LogP contribution in [-0.4, -0.2) is 34.9 Å². The third-order valence-electron chi connectivity index (χ3n) is 4.07. The summed E-state index contributed by atoms with van der Waals surface area (Å²) in [5.74, 6) is 0.292. The molecule has 0 saturated heterocycles. The van der Waals surface area contributed by atoms with E-state index in [-0.39, 0.29) is 19.2 Å². The number of fused-ring (bicyclic) bond motifs is 1. The van der Waals surface area contributed by atoms with Gasteiger partial charge >= 0.3 is 0 Å². The average Bonchev–Trinajstić information content (AvgIpc) is 3.19. The minimum absolute atomic E-state index is 0.119. The Morgan fingerprint density at radius 2 is 2.11 bits per heavy atom. The van der Waals surface area contributed by atoms with Crippen LogP contribution in [0.1, 0.15) is 17.0 Å². The number of rotatable bonds is 5. The summed E-state index contributed by atoms with van der Waals surface area (Å²) >= 11 is 6.10. The molecule has 2 heterocycles. The molecule has 0 fully saturated rings. The number of carbonyl (C=O) groups is 2. The van der Waals surface area contributed by atoms with Gasteiger partial charge in [0.15, 0.2) is 11.5 Å². The molecule has 1 aromatic carbocycles. The Morgan fingerprint density at radius 1 is 1.33 bits per heavy atom. The number of hydrogen-bond acceptors (Lipinski definition) is 5. The second-order valence-electron chi connectivity index (χ2n) is 6.01. The van der Waals surface area contributed by atoms with Gasteiger partial charge in [0.2, 0.25) is 18.6 Å². The molecule has 2 N–H and O–H groups in total. The van der Waals surface area contributed by atoms with Crippen LogP contribution in [0.25, 0.3) is 6.08 Å². The molecule has 27 heavy (non-hydrogen) atoms. The zero-order valence-electron chi connectivity index (χ0n) is 15.1. The molecule has 9 heteroatoms. The summed E-state index contributed by atoms with van der Waals surface area (Å²) in [5.41, 5.74) is 2.90. The molecule has 0 saturated carbocycles. The number of hydrogen-bond donors (Lipinski definition) is 2. The number of anilines is 1. The first-order valence-electron chi connectivity index (χ1n) is 8.20. The SMILES string of the molecule is Cc1nn(C)c(C)c1NC(=O)CNC(=O)/C=C/c1cc(Cl)c2c(c1)OCO2. The fraction of sp³-hybridized carbons (Fsp3) is 0.278.